The van der Waals surface area contributed by atoms with E-state index in [9.17, 15) is 22.8 Å². The Morgan fingerprint density at radius 3 is 2.58 bits per heavy atom. The number of hydrogen-bond donors (Lipinski definition) is 1. The van der Waals surface area contributed by atoms with Gasteiger partial charge in [0.2, 0.25) is 0 Å². The summed E-state index contributed by atoms with van der Waals surface area (Å²) in [7, 11) is 0. The summed E-state index contributed by atoms with van der Waals surface area (Å²) in [6.45, 7) is 0.537. The second-order valence-corrected chi connectivity index (χ2v) is 5.68. The molecule has 1 aromatic carbocycles. The van der Waals surface area contributed by atoms with Crippen LogP contribution < -0.4 is 10.3 Å². The Labute approximate surface area is 145 Å². The van der Waals surface area contributed by atoms with E-state index in [0.29, 0.717) is 24.2 Å². The number of nitriles is 1. The number of carbonyl (C=O) groups excluding carboxylic acids is 1. The Morgan fingerprint density at radius 2 is 1.96 bits per heavy atom. The molecular formula is C17H12F3N3O3. The Bertz CT molecular complexity index is 943. The number of aromatic nitrogens is 1. The summed E-state index contributed by atoms with van der Waals surface area (Å²) < 4.78 is 40.3. The lowest BCUT2D eigenvalue weighted by atomic mass is 10.0. The molecule has 1 aliphatic rings. The van der Waals surface area contributed by atoms with E-state index in [2.05, 4.69) is 9.72 Å². The highest BCUT2D eigenvalue weighted by molar-refractivity contribution is 5.94. The molecule has 0 bridgehead atoms. The molecule has 2 heterocycles. The molecule has 2 aromatic rings. The topological polar surface area (TPSA) is 86.2 Å². The van der Waals surface area contributed by atoms with Crippen LogP contribution in [-0.2, 0) is 13.0 Å². The maximum Gasteiger partial charge on any atom is 0.573 e. The number of halogens is 3. The highest BCUT2D eigenvalue weighted by Gasteiger charge is 2.31. The van der Waals surface area contributed by atoms with Gasteiger partial charge in [-0.2, -0.15) is 5.26 Å². The molecule has 134 valence electrons. The number of fused-ring (bicyclic) bond motifs is 1. The van der Waals surface area contributed by atoms with Crippen molar-refractivity contribution in [2.45, 2.75) is 19.3 Å². The van der Waals surface area contributed by atoms with Crippen molar-refractivity contribution in [3.8, 4) is 11.8 Å². The molecule has 0 unspecified atom stereocenters. The van der Waals surface area contributed by atoms with Crippen LogP contribution in [0.5, 0.6) is 5.75 Å². The minimum absolute atomic E-state index is 0.0355. The maximum absolute atomic E-state index is 12.6. The van der Waals surface area contributed by atoms with Gasteiger partial charge in [0.15, 0.2) is 0 Å². The Kier molecular flexibility index (Phi) is 4.42. The summed E-state index contributed by atoms with van der Waals surface area (Å²) in [5, 5.41) is 8.94. The lowest BCUT2D eigenvalue weighted by molar-refractivity contribution is -0.274. The van der Waals surface area contributed by atoms with Crippen LogP contribution in [0, 0.1) is 11.3 Å². The molecule has 0 aliphatic carbocycles. The van der Waals surface area contributed by atoms with Crippen LogP contribution in [0.4, 0.5) is 13.2 Å². The average Bonchev–Trinajstić information content (AvgIpc) is 2.59. The first-order chi connectivity index (χ1) is 12.3. The Balaban J connectivity index is 1.77. The molecule has 0 spiro atoms. The van der Waals surface area contributed by atoms with E-state index in [1.54, 1.807) is 6.07 Å². The van der Waals surface area contributed by atoms with E-state index in [1.165, 1.54) is 23.1 Å². The normalized spacial score (nSPS) is 13.7. The average molecular weight is 363 g/mol. The second-order valence-electron chi connectivity index (χ2n) is 5.68. The van der Waals surface area contributed by atoms with Crippen molar-refractivity contribution < 1.29 is 22.7 Å². The van der Waals surface area contributed by atoms with E-state index in [0.717, 1.165) is 12.1 Å². The van der Waals surface area contributed by atoms with Crippen LogP contribution in [0.2, 0.25) is 0 Å². The second kappa shape index (κ2) is 6.55. The lowest BCUT2D eigenvalue weighted by Crippen LogP contribution is -2.37. The number of nitrogens with zero attached hydrogens (tertiary/aromatic N) is 2. The maximum atomic E-state index is 12.6. The molecule has 6 nitrogen and oxygen atoms in total. The zero-order chi connectivity index (χ0) is 18.9. The van der Waals surface area contributed by atoms with Crippen molar-refractivity contribution in [2.75, 3.05) is 6.54 Å². The van der Waals surface area contributed by atoms with Gasteiger partial charge in [0.25, 0.3) is 11.5 Å². The molecule has 1 N–H and O–H groups in total. The molecule has 1 aromatic heterocycles. The van der Waals surface area contributed by atoms with E-state index < -0.39 is 17.7 Å². The number of carbonyl (C=O) groups is 1. The van der Waals surface area contributed by atoms with Gasteiger partial charge in [-0.25, -0.2) is 0 Å². The first-order valence-corrected chi connectivity index (χ1v) is 7.57. The molecule has 26 heavy (non-hydrogen) atoms. The number of nitrogens with one attached hydrogen (secondary N) is 1. The molecule has 0 saturated heterocycles. The highest BCUT2D eigenvalue weighted by Crippen LogP contribution is 2.24. The quantitative estimate of drug-likeness (QED) is 0.887. The van der Waals surface area contributed by atoms with Crippen LogP contribution in [-0.4, -0.2) is 28.7 Å². The first-order valence-electron chi connectivity index (χ1n) is 7.57. The third kappa shape index (κ3) is 3.69. The number of benzene rings is 1. The number of H-pyrrole nitrogens is 1. The predicted octanol–water partition coefficient (Wildman–Crippen LogP) is 2.34. The molecule has 0 atom stereocenters. The molecule has 1 amide bonds. The van der Waals surface area contributed by atoms with Crippen LogP contribution >= 0.6 is 0 Å². The molecule has 1 aliphatic heterocycles. The number of ether oxygens (including phenoxy) is 1. The number of aromatic amines is 1. The van der Waals surface area contributed by atoms with E-state index in [-0.39, 0.29) is 23.6 Å². The Hall–Kier alpha value is -3.28. The minimum atomic E-state index is -4.79. The van der Waals surface area contributed by atoms with Crippen molar-refractivity contribution in [3.63, 3.8) is 0 Å². The largest absolute Gasteiger partial charge is 0.573 e. The van der Waals surface area contributed by atoms with Crippen molar-refractivity contribution in [2.24, 2.45) is 0 Å². The molecule has 0 fully saturated rings. The summed E-state index contributed by atoms with van der Waals surface area (Å²) >= 11 is 0. The van der Waals surface area contributed by atoms with Gasteiger partial charge >= 0.3 is 6.36 Å². The fourth-order valence-corrected chi connectivity index (χ4v) is 2.75. The minimum Gasteiger partial charge on any atom is -0.406 e. The van der Waals surface area contributed by atoms with Crippen LogP contribution in [0.25, 0.3) is 0 Å². The van der Waals surface area contributed by atoms with Gasteiger partial charge in [0.1, 0.15) is 17.4 Å². The van der Waals surface area contributed by atoms with E-state index >= 15 is 0 Å². The number of amides is 1. The Morgan fingerprint density at radius 1 is 1.27 bits per heavy atom. The van der Waals surface area contributed by atoms with Crippen molar-refractivity contribution in [3.05, 3.63) is 63.1 Å². The SMILES string of the molecule is N#Cc1cc2c([nH]c1=O)CCN(C(=O)c1ccc(OC(F)(F)F)cc1)C2. The predicted molar refractivity (Wildman–Crippen MR) is 83.3 cm³/mol. The van der Waals surface area contributed by atoms with Crippen molar-refractivity contribution in [1.82, 2.24) is 9.88 Å². The number of hydrogen-bond acceptors (Lipinski definition) is 4. The number of rotatable bonds is 2. The van der Waals surface area contributed by atoms with Gasteiger partial charge in [0.05, 0.1) is 0 Å². The summed E-state index contributed by atoms with van der Waals surface area (Å²) in [5.41, 5.74) is 1.05. The molecule has 0 saturated carbocycles. The zero-order valence-corrected chi connectivity index (χ0v) is 13.3. The van der Waals surface area contributed by atoms with Crippen LogP contribution in [0.1, 0.15) is 27.2 Å². The van der Waals surface area contributed by atoms with Gasteiger partial charge in [-0.1, -0.05) is 0 Å². The molecule has 0 radical (unpaired) electrons. The summed E-state index contributed by atoms with van der Waals surface area (Å²) in [5.74, 6) is -0.770. The molecule has 9 heteroatoms. The third-order valence-corrected chi connectivity index (χ3v) is 3.95. The fourth-order valence-electron chi connectivity index (χ4n) is 2.75. The zero-order valence-electron chi connectivity index (χ0n) is 13.3. The van der Waals surface area contributed by atoms with Crippen molar-refractivity contribution >= 4 is 5.91 Å². The summed E-state index contributed by atoms with van der Waals surface area (Å²) in [4.78, 5) is 28.3. The summed E-state index contributed by atoms with van der Waals surface area (Å²) in [6, 6.07) is 7.90. The number of alkyl halides is 3. The smallest absolute Gasteiger partial charge is 0.406 e. The molecule has 3 rings (SSSR count). The molecular weight excluding hydrogens is 351 g/mol. The van der Waals surface area contributed by atoms with Gasteiger partial charge in [-0.3, -0.25) is 9.59 Å². The standard InChI is InChI=1S/C17H12F3N3O3/c18-17(19,20)26-13-3-1-10(2-4-13)16(25)23-6-5-14-12(9-23)7-11(8-21)15(24)22-14/h1-4,7H,5-6,9H2,(H,22,24). The van der Waals surface area contributed by atoms with Crippen molar-refractivity contribution in [1.29, 1.82) is 5.26 Å². The lowest BCUT2D eigenvalue weighted by Gasteiger charge is -2.28. The first kappa shape index (κ1) is 17.5. The van der Waals surface area contributed by atoms with Gasteiger partial charge in [-0.15, -0.1) is 13.2 Å². The third-order valence-electron chi connectivity index (χ3n) is 3.95. The number of pyridine rings is 1. The van der Waals surface area contributed by atoms with Gasteiger partial charge < -0.3 is 14.6 Å². The van der Waals surface area contributed by atoms with Gasteiger partial charge in [-0.05, 0) is 35.9 Å². The summed E-state index contributed by atoms with van der Waals surface area (Å²) in [6.07, 6.45) is -4.38. The highest BCUT2D eigenvalue weighted by atomic mass is 19.4. The monoisotopic (exact) mass is 363 g/mol. The van der Waals surface area contributed by atoms with E-state index in [4.69, 9.17) is 5.26 Å². The van der Waals surface area contributed by atoms with Gasteiger partial charge in [0, 0.05) is 30.8 Å². The van der Waals surface area contributed by atoms with Crippen LogP contribution in [0.3, 0.4) is 0 Å². The van der Waals surface area contributed by atoms with E-state index in [1.807, 2.05) is 0 Å². The van der Waals surface area contributed by atoms with Crippen LogP contribution in [0.15, 0.2) is 35.1 Å². The fraction of sp³-hybridized carbons (Fsp3) is 0.235.